The molecule has 3 unspecified atom stereocenters. The average Bonchev–Trinajstić information content (AvgIpc) is 3.55. The number of rotatable bonds is 11. The number of aliphatic hydroxyl groups is 1. The first-order chi connectivity index (χ1) is 21.2. The molecule has 3 aliphatic heterocycles. The summed E-state index contributed by atoms with van der Waals surface area (Å²) in [5.74, 6) is -1.34. The third-order valence-corrected chi connectivity index (χ3v) is 12.3. The molecule has 0 aromatic heterocycles. The molecule has 5 rings (SSSR count). The maximum atomic E-state index is 14.7. The molecular formula is C35H46BrN3O5S. The lowest BCUT2D eigenvalue weighted by atomic mass is 9.70. The van der Waals surface area contributed by atoms with Gasteiger partial charge in [-0.3, -0.25) is 14.4 Å². The SMILES string of the molecule is CCOc1ccc(NC(=O)[C@H]2[C@H]3C(=O)N([C@@H](CO)Cc4ccccc4)C(C(=O)NC(C)(C)CC(C)(C)C)C34CC(Br)[C@@H]2S4)cc1. The molecule has 10 heteroatoms. The van der Waals surface area contributed by atoms with Crippen LogP contribution in [0.5, 0.6) is 5.75 Å². The molecule has 0 saturated carbocycles. The number of fused-ring (bicyclic) bond motifs is 1. The largest absolute Gasteiger partial charge is 0.494 e. The number of halogens is 1. The second-order valence-corrected chi connectivity index (χ2v) is 17.2. The molecule has 7 atom stereocenters. The maximum absolute atomic E-state index is 14.7. The van der Waals surface area contributed by atoms with Crippen LogP contribution in [0.1, 0.15) is 59.9 Å². The number of hydrogen-bond acceptors (Lipinski definition) is 6. The monoisotopic (exact) mass is 699 g/mol. The Balaban J connectivity index is 1.51. The van der Waals surface area contributed by atoms with Crippen molar-refractivity contribution in [2.24, 2.45) is 17.3 Å². The molecule has 3 N–H and O–H groups in total. The van der Waals surface area contributed by atoms with Gasteiger partial charge in [0.05, 0.1) is 35.8 Å². The number of nitrogens with one attached hydrogen (secondary N) is 2. The fourth-order valence-electron chi connectivity index (χ4n) is 8.00. The van der Waals surface area contributed by atoms with E-state index in [0.29, 0.717) is 30.9 Å². The fourth-order valence-corrected chi connectivity index (χ4v) is 11.6. The molecule has 2 bridgehead atoms. The molecule has 244 valence electrons. The van der Waals surface area contributed by atoms with Crippen molar-refractivity contribution >= 4 is 51.1 Å². The van der Waals surface area contributed by atoms with Gasteiger partial charge in [0.1, 0.15) is 11.8 Å². The van der Waals surface area contributed by atoms with Gasteiger partial charge < -0.3 is 25.4 Å². The van der Waals surface area contributed by atoms with Crippen LogP contribution in [-0.4, -0.2) is 73.4 Å². The van der Waals surface area contributed by atoms with Crippen LogP contribution in [0.3, 0.4) is 0 Å². The number of aliphatic hydroxyl groups excluding tert-OH is 1. The Morgan fingerprint density at radius 2 is 1.76 bits per heavy atom. The summed E-state index contributed by atoms with van der Waals surface area (Å²) < 4.78 is 4.73. The number of nitrogens with zero attached hydrogens (tertiary/aromatic N) is 1. The molecule has 0 aliphatic carbocycles. The normalized spacial score (nSPS) is 28.1. The zero-order chi connectivity index (χ0) is 32.7. The van der Waals surface area contributed by atoms with E-state index < -0.39 is 34.2 Å². The lowest BCUT2D eigenvalue weighted by Gasteiger charge is -2.40. The van der Waals surface area contributed by atoms with Gasteiger partial charge in [0.15, 0.2) is 0 Å². The molecule has 45 heavy (non-hydrogen) atoms. The van der Waals surface area contributed by atoms with Crippen molar-refractivity contribution in [3.63, 3.8) is 0 Å². The zero-order valence-corrected chi connectivity index (χ0v) is 29.4. The van der Waals surface area contributed by atoms with E-state index in [9.17, 15) is 19.5 Å². The summed E-state index contributed by atoms with van der Waals surface area (Å²) in [5, 5.41) is 16.9. The van der Waals surface area contributed by atoms with Crippen LogP contribution in [0.2, 0.25) is 0 Å². The lowest BCUT2D eigenvalue weighted by molar-refractivity contribution is -0.142. The Morgan fingerprint density at radius 1 is 1.09 bits per heavy atom. The highest BCUT2D eigenvalue weighted by Crippen LogP contribution is 2.68. The predicted molar refractivity (Wildman–Crippen MR) is 183 cm³/mol. The van der Waals surface area contributed by atoms with E-state index in [-0.39, 0.29) is 39.8 Å². The summed E-state index contributed by atoms with van der Waals surface area (Å²) in [6, 6.07) is 15.4. The number of amides is 3. The number of carbonyl (C=O) groups is 3. The van der Waals surface area contributed by atoms with Crippen molar-refractivity contribution in [2.45, 2.75) is 93.3 Å². The van der Waals surface area contributed by atoms with Crippen molar-refractivity contribution in [1.82, 2.24) is 10.2 Å². The van der Waals surface area contributed by atoms with Crippen LogP contribution in [0.15, 0.2) is 54.6 Å². The molecule has 3 amide bonds. The number of thioether (sulfide) groups is 1. The number of hydrogen-bond donors (Lipinski definition) is 3. The van der Waals surface area contributed by atoms with Crippen molar-refractivity contribution in [3.05, 3.63) is 60.2 Å². The van der Waals surface area contributed by atoms with E-state index in [4.69, 9.17) is 4.74 Å². The molecule has 2 aromatic carbocycles. The van der Waals surface area contributed by atoms with E-state index in [1.165, 1.54) is 0 Å². The summed E-state index contributed by atoms with van der Waals surface area (Å²) >= 11 is 5.44. The maximum Gasteiger partial charge on any atom is 0.244 e. The molecule has 3 aliphatic rings. The first-order valence-electron chi connectivity index (χ1n) is 15.8. The number of carbonyl (C=O) groups excluding carboxylic acids is 3. The number of likely N-dealkylation sites (tertiary alicyclic amines) is 1. The second kappa shape index (κ2) is 12.9. The van der Waals surface area contributed by atoms with Gasteiger partial charge in [-0.05, 0) is 75.3 Å². The molecule has 3 fully saturated rings. The predicted octanol–water partition coefficient (Wildman–Crippen LogP) is 5.42. The van der Waals surface area contributed by atoms with Crippen LogP contribution in [0.4, 0.5) is 5.69 Å². The Hall–Kier alpha value is -2.56. The molecule has 3 saturated heterocycles. The quantitative estimate of drug-likeness (QED) is 0.271. The number of anilines is 1. The third-order valence-electron chi connectivity index (χ3n) is 9.06. The molecule has 2 aromatic rings. The number of benzene rings is 2. The summed E-state index contributed by atoms with van der Waals surface area (Å²) in [7, 11) is 0. The van der Waals surface area contributed by atoms with Crippen molar-refractivity contribution in [1.29, 1.82) is 0 Å². The van der Waals surface area contributed by atoms with Crippen LogP contribution in [0, 0.1) is 17.3 Å². The molecular weight excluding hydrogens is 654 g/mol. The highest BCUT2D eigenvalue weighted by atomic mass is 79.9. The number of ether oxygens (including phenoxy) is 1. The molecule has 0 radical (unpaired) electrons. The van der Waals surface area contributed by atoms with Gasteiger partial charge >= 0.3 is 0 Å². The highest BCUT2D eigenvalue weighted by Gasteiger charge is 2.76. The number of alkyl halides is 1. The van der Waals surface area contributed by atoms with Gasteiger partial charge in [-0.1, -0.05) is 67.0 Å². The standard InChI is InChI=1S/C35H46BrN3O5S/c1-7-44-24-15-13-22(14-16-24)37-30(41)26-27-32(43)39(23(19-40)17-21-11-9-8-10-12-21)29(35(27)18-25(36)28(26)45-35)31(42)38-34(5,6)20-33(2,3)4/h8-16,23,25-29,40H,7,17-20H2,1-6H3,(H,37,41)(H,38,42)/t23-,25?,26+,27+,28+,29?,35?/m1/s1. The van der Waals surface area contributed by atoms with Gasteiger partial charge in [0, 0.05) is 21.3 Å². The van der Waals surface area contributed by atoms with E-state index in [0.717, 1.165) is 12.0 Å². The minimum Gasteiger partial charge on any atom is -0.494 e. The van der Waals surface area contributed by atoms with Gasteiger partial charge in [-0.25, -0.2) is 0 Å². The van der Waals surface area contributed by atoms with E-state index in [1.54, 1.807) is 40.9 Å². The van der Waals surface area contributed by atoms with Crippen LogP contribution >= 0.6 is 27.7 Å². The summed E-state index contributed by atoms with van der Waals surface area (Å²) in [5.41, 5.74) is 1.02. The van der Waals surface area contributed by atoms with Crippen molar-refractivity contribution in [2.75, 3.05) is 18.5 Å². The lowest BCUT2D eigenvalue weighted by Crippen LogP contribution is -2.60. The Labute approximate surface area is 279 Å². The minimum atomic E-state index is -0.839. The van der Waals surface area contributed by atoms with E-state index >= 15 is 0 Å². The van der Waals surface area contributed by atoms with Crippen LogP contribution in [0.25, 0.3) is 0 Å². The van der Waals surface area contributed by atoms with E-state index in [1.807, 2.05) is 51.1 Å². The topological polar surface area (TPSA) is 108 Å². The first kappa shape index (κ1) is 33.8. The van der Waals surface area contributed by atoms with Crippen molar-refractivity contribution < 1.29 is 24.2 Å². The smallest absolute Gasteiger partial charge is 0.244 e. The van der Waals surface area contributed by atoms with Crippen LogP contribution in [-0.2, 0) is 20.8 Å². The van der Waals surface area contributed by atoms with Gasteiger partial charge in [-0.15, -0.1) is 11.8 Å². The van der Waals surface area contributed by atoms with Gasteiger partial charge in [-0.2, -0.15) is 0 Å². The summed E-state index contributed by atoms with van der Waals surface area (Å²) in [6.45, 7) is 12.6. The van der Waals surface area contributed by atoms with Crippen LogP contribution < -0.4 is 15.4 Å². The molecule has 3 heterocycles. The fraction of sp³-hybridized carbons (Fsp3) is 0.571. The highest BCUT2D eigenvalue weighted by molar-refractivity contribution is 9.09. The molecule has 1 spiro atoms. The minimum absolute atomic E-state index is 0.0324. The zero-order valence-electron chi connectivity index (χ0n) is 27.0. The van der Waals surface area contributed by atoms with Gasteiger partial charge in [0.2, 0.25) is 17.7 Å². The second-order valence-electron chi connectivity index (χ2n) is 14.5. The Kier molecular flexibility index (Phi) is 9.70. The Bertz CT molecular complexity index is 1400. The third kappa shape index (κ3) is 6.79. The summed E-state index contributed by atoms with van der Waals surface area (Å²) in [6.07, 6.45) is 1.71. The Morgan fingerprint density at radius 3 is 2.36 bits per heavy atom. The van der Waals surface area contributed by atoms with Crippen molar-refractivity contribution in [3.8, 4) is 5.75 Å². The summed E-state index contributed by atoms with van der Waals surface area (Å²) in [4.78, 5) is 44.8. The van der Waals surface area contributed by atoms with E-state index in [2.05, 4.69) is 47.3 Å². The molecule has 8 nitrogen and oxygen atoms in total. The first-order valence-corrected chi connectivity index (χ1v) is 17.6. The van der Waals surface area contributed by atoms with Gasteiger partial charge in [0.25, 0.3) is 0 Å². The average molecular weight is 701 g/mol.